The summed E-state index contributed by atoms with van der Waals surface area (Å²) < 4.78 is 28.7. The fraction of sp³-hybridized carbons (Fsp3) is 0.318. The van der Waals surface area contributed by atoms with E-state index in [2.05, 4.69) is 20.4 Å². The number of aromatic nitrogens is 3. The Labute approximate surface area is 172 Å². The average molecular weight is 409 g/mol. The predicted molar refractivity (Wildman–Crippen MR) is 107 cm³/mol. The fourth-order valence-electron chi connectivity index (χ4n) is 4.56. The first kappa shape index (κ1) is 18.9. The Hall–Kier alpha value is -3.13. The third kappa shape index (κ3) is 3.70. The number of amides is 1. The van der Waals surface area contributed by atoms with Gasteiger partial charge < -0.3 is 9.88 Å². The molecule has 0 unspecified atom stereocenters. The summed E-state index contributed by atoms with van der Waals surface area (Å²) in [6.45, 7) is 3.17. The van der Waals surface area contributed by atoms with E-state index < -0.39 is 11.7 Å². The highest BCUT2D eigenvalue weighted by atomic mass is 19.1. The maximum atomic E-state index is 13.5. The molecule has 0 radical (unpaired) electrons. The van der Waals surface area contributed by atoms with Gasteiger partial charge in [-0.15, -0.1) is 10.2 Å². The lowest BCUT2D eigenvalue weighted by atomic mass is 9.89. The molecule has 0 spiro atoms. The van der Waals surface area contributed by atoms with Gasteiger partial charge in [-0.3, -0.25) is 9.69 Å². The summed E-state index contributed by atoms with van der Waals surface area (Å²) in [7, 11) is 0. The lowest BCUT2D eigenvalue weighted by Gasteiger charge is -2.25. The van der Waals surface area contributed by atoms with Crippen molar-refractivity contribution in [2.24, 2.45) is 11.8 Å². The number of hydrogen-bond donors (Lipinski definition) is 1. The van der Waals surface area contributed by atoms with Crippen LogP contribution in [0.5, 0.6) is 0 Å². The molecule has 3 aromatic rings. The molecule has 5 rings (SSSR count). The molecular weight excluding hydrogens is 388 g/mol. The second-order valence-electron chi connectivity index (χ2n) is 8.06. The van der Waals surface area contributed by atoms with E-state index in [-0.39, 0.29) is 11.6 Å². The molecule has 1 N–H and O–H groups in total. The van der Waals surface area contributed by atoms with Gasteiger partial charge in [0.2, 0.25) is 5.82 Å². The molecule has 8 heteroatoms. The van der Waals surface area contributed by atoms with E-state index >= 15 is 0 Å². The molecule has 1 amide bonds. The van der Waals surface area contributed by atoms with Crippen molar-refractivity contribution in [2.75, 3.05) is 18.4 Å². The van der Waals surface area contributed by atoms with Crippen molar-refractivity contribution in [1.82, 2.24) is 19.7 Å². The molecule has 154 valence electrons. The van der Waals surface area contributed by atoms with Crippen molar-refractivity contribution in [3.05, 3.63) is 77.4 Å². The molecule has 0 bridgehead atoms. The van der Waals surface area contributed by atoms with Crippen molar-refractivity contribution in [1.29, 1.82) is 0 Å². The Morgan fingerprint density at radius 1 is 1.00 bits per heavy atom. The molecule has 1 aromatic heterocycles. The minimum Gasteiger partial charge on any atom is -0.319 e. The molecule has 6 nitrogen and oxygen atoms in total. The Morgan fingerprint density at radius 3 is 2.57 bits per heavy atom. The van der Waals surface area contributed by atoms with Crippen molar-refractivity contribution < 1.29 is 13.6 Å². The molecule has 2 atom stereocenters. The third-order valence-electron chi connectivity index (χ3n) is 5.92. The maximum absolute atomic E-state index is 13.5. The molecule has 3 heterocycles. The van der Waals surface area contributed by atoms with Crippen LogP contribution in [0.4, 0.5) is 14.5 Å². The molecule has 2 aliphatic rings. The number of rotatable bonds is 4. The van der Waals surface area contributed by atoms with Crippen molar-refractivity contribution >= 4 is 11.6 Å². The van der Waals surface area contributed by atoms with Gasteiger partial charge in [0.25, 0.3) is 5.91 Å². The summed E-state index contributed by atoms with van der Waals surface area (Å²) >= 11 is 0. The van der Waals surface area contributed by atoms with E-state index in [1.807, 2.05) is 10.6 Å². The van der Waals surface area contributed by atoms with Crippen LogP contribution in [0.25, 0.3) is 0 Å². The first-order valence-electron chi connectivity index (χ1n) is 10.0. The smallest absolute Gasteiger partial charge is 0.293 e. The van der Waals surface area contributed by atoms with Crippen molar-refractivity contribution in [3.63, 3.8) is 0 Å². The molecule has 1 saturated heterocycles. The van der Waals surface area contributed by atoms with Crippen LogP contribution in [0.2, 0.25) is 0 Å². The van der Waals surface area contributed by atoms with Gasteiger partial charge in [0.1, 0.15) is 17.5 Å². The number of anilines is 1. The monoisotopic (exact) mass is 409 g/mol. The first-order chi connectivity index (χ1) is 14.5. The normalized spacial score (nSPS) is 20.6. The summed E-state index contributed by atoms with van der Waals surface area (Å²) in [5, 5.41) is 11.0. The van der Waals surface area contributed by atoms with Gasteiger partial charge in [-0.25, -0.2) is 8.78 Å². The molecule has 1 fully saturated rings. The van der Waals surface area contributed by atoms with Gasteiger partial charge in [0, 0.05) is 38.3 Å². The molecule has 0 saturated carbocycles. The van der Waals surface area contributed by atoms with E-state index in [4.69, 9.17) is 0 Å². The zero-order valence-electron chi connectivity index (χ0n) is 16.3. The van der Waals surface area contributed by atoms with Crippen LogP contribution in [0.3, 0.4) is 0 Å². The molecule has 2 aromatic carbocycles. The third-order valence-corrected chi connectivity index (χ3v) is 5.92. The lowest BCUT2D eigenvalue weighted by Crippen LogP contribution is -2.31. The number of nitrogens with one attached hydrogen (secondary N) is 1. The van der Waals surface area contributed by atoms with E-state index in [1.54, 1.807) is 24.3 Å². The second-order valence-corrected chi connectivity index (χ2v) is 8.06. The standard InChI is InChI=1S/C22H21F2N5O/c23-17-4-1-3-14(7-17)10-28-11-15-8-20-26-27-21(29(20)13-16(15)12-28)22(30)25-19-6-2-5-18(24)9-19/h1-7,9,15-16H,8,10-13H2,(H,25,30)/t15-,16+/m1/s1. The van der Waals surface area contributed by atoms with Crippen LogP contribution in [0.1, 0.15) is 22.0 Å². The highest BCUT2D eigenvalue weighted by molar-refractivity contribution is 6.01. The van der Waals surface area contributed by atoms with Gasteiger partial charge in [-0.05, 0) is 47.7 Å². The van der Waals surface area contributed by atoms with Gasteiger partial charge in [0.05, 0.1) is 0 Å². The predicted octanol–water partition coefficient (Wildman–Crippen LogP) is 3.11. The van der Waals surface area contributed by atoms with E-state index in [1.165, 1.54) is 18.2 Å². The van der Waals surface area contributed by atoms with Crippen LogP contribution in [0, 0.1) is 23.5 Å². The van der Waals surface area contributed by atoms with Gasteiger partial charge in [-0.1, -0.05) is 18.2 Å². The number of carbonyl (C=O) groups is 1. The summed E-state index contributed by atoms with van der Waals surface area (Å²) in [6.07, 6.45) is 0.755. The summed E-state index contributed by atoms with van der Waals surface area (Å²) in [5.74, 6) is 0.835. The minimum atomic E-state index is -0.414. The molecule has 30 heavy (non-hydrogen) atoms. The SMILES string of the molecule is O=C(Nc1cccc(F)c1)c1nnc2n1C[C@@H]1CN(Cc3cccc(F)c3)C[C@H]1C2. The Balaban J connectivity index is 1.28. The number of benzene rings is 2. The lowest BCUT2D eigenvalue weighted by molar-refractivity contribution is 0.100. The van der Waals surface area contributed by atoms with Crippen LogP contribution in [-0.4, -0.2) is 38.7 Å². The maximum Gasteiger partial charge on any atom is 0.293 e. The number of hydrogen-bond acceptors (Lipinski definition) is 4. The first-order valence-corrected chi connectivity index (χ1v) is 10.0. The minimum absolute atomic E-state index is 0.218. The Kier molecular flexibility index (Phi) is 4.78. The van der Waals surface area contributed by atoms with E-state index in [0.717, 1.165) is 30.9 Å². The molecule has 0 aliphatic carbocycles. The number of likely N-dealkylation sites (tertiary alicyclic amines) is 1. The van der Waals surface area contributed by atoms with Gasteiger partial charge >= 0.3 is 0 Å². The average Bonchev–Trinajstić information content (AvgIpc) is 3.28. The quantitative estimate of drug-likeness (QED) is 0.719. The highest BCUT2D eigenvalue weighted by Crippen LogP contribution is 2.33. The Bertz CT molecular complexity index is 1100. The van der Waals surface area contributed by atoms with Crippen LogP contribution in [0.15, 0.2) is 48.5 Å². The van der Waals surface area contributed by atoms with Gasteiger partial charge in [-0.2, -0.15) is 0 Å². The van der Waals surface area contributed by atoms with Crippen LogP contribution in [-0.2, 0) is 19.5 Å². The van der Waals surface area contributed by atoms with Crippen molar-refractivity contribution in [2.45, 2.75) is 19.5 Å². The van der Waals surface area contributed by atoms with Crippen LogP contribution < -0.4 is 5.32 Å². The van der Waals surface area contributed by atoms with Gasteiger partial charge in [0.15, 0.2) is 0 Å². The van der Waals surface area contributed by atoms with E-state index in [9.17, 15) is 13.6 Å². The molecule has 2 aliphatic heterocycles. The topological polar surface area (TPSA) is 63.1 Å². The van der Waals surface area contributed by atoms with Crippen molar-refractivity contribution in [3.8, 4) is 0 Å². The summed E-state index contributed by atoms with van der Waals surface area (Å²) in [5.41, 5.74) is 1.34. The number of halogens is 2. The van der Waals surface area contributed by atoms with Crippen LogP contribution >= 0.6 is 0 Å². The van der Waals surface area contributed by atoms with E-state index in [0.29, 0.717) is 30.6 Å². The second kappa shape index (κ2) is 7.60. The number of fused-ring (bicyclic) bond motifs is 2. The number of nitrogens with zero attached hydrogens (tertiary/aromatic N) is 4. The largest absolute Gasteiger partial charge is 0.319 e. The zero-order chi connectivity index (χ0) is 20.7. The number of carbonyl (C=O) groups excluding carboxylic acids is 1. The molecular formula is C22H21F2N5O. The zero-order valence-corrected chi connectivity index (χ0v) is 16.3. The Morgan fingerprint density at radius 2 is 1.77 bits per heavy atom. The summed E-state index contributed by atoms with van der Waals surface area (Å²) in [6, 6.07) is 12.5. The highest BCUT2D eigenvalue weighted by Gasteiger charge is 2.39. The fourth-order valence-corrected chi connectivity index (χ4v) is 4.56. The summed E-state index contributed by atoms with van der Waals surface area (Å²) in [4.78, 5) is 15.0.